The van der Waals surface area contributed by atoms with Gasteiger partial charge in [-0.1, -0.05) is 6.07 Å². The number of nitrogens with one attached hydrogen (secondary N) is 1. The van der Waals surface area contributed by atoms with Gasteiger partial charge < -0.3 is 14.9 Å². The number of aliphatic hydroxyl groups excluding tert-OH is 2. The van der Waals surface area contributed by atoms with Crippen molar-refractivity contribution in [1.29, 1.82) is 0 Å². The Bertz CT molecular complexity index is 597. The zero-order valence-corrected chi connectivity index (χ0v) is 11.3. The number of rotatable bonds is 5. The zero-order valence-electron chi connectivity index (χ0n) is 11.3. The molecule has 1 aliphatic heterocycles. The Morgan fingerprint density at radius 2 is 1.90 bits per heavy atom. The number of hydrogen-bond acceptors (Lipinski definition) is 6. The van der Waals surface area contributed by atoms with Crippen LogP contribution in [0, 0.1) is 0 Å². The standard InChI is InChI=1S/C14H15NO6/c1-2-21-11(17)6-10(16)12(18)7-3-4-8-9(5-7)14(20)15-13(8)19/h3-5,10,12,16,18H,2,6H2,1H3,(H,15,19,20). The second-order valence-electron chi connectivity index (χ2n) is 4.61. The average Bonchev–Trinajstić information content (AvgIpc) is 2.73. The summed E-state index contributed by atoms with van der Waals surface area (Å²) in [5.74, 6) is -1.68. The van der Waals surface area contributed by atoms with Gasteiger partial charge in [-0.25, -0.2) is 0 Å². The molecule has 2 amide bonds. The summed E-state index contributed by atoms with van der Waals surface area (Å²) < 4.78 is 4.68. The molecule has 7 nitrogen and oxygen atoms in total. The molecule has 2 atom stereocenters. The van der Waals surface area contributed by atoms with Crippen molar-refractivity contribution >= 4 is 17.8 Å². The minimum Gasteiger partial charge on any atom is -0.466 e. The van der Waals surface area contributed by atoms with E-state index in [1.54, 1.807) is 6.92 Å². The van der Waals surface area contributed by atoms with E-state index in [0.717, 1.165) is 0 Å². The van der Waals surface area contributed by atoms with Crippen LogP contribution in [-0.4, -0.2) is 40.7 Å². The number of carbonyl (C=O) groups excluding carboxylic acids is 3. The third-order valence-electron chi connectivity index (χ3n) is 3.15. The van der Waals surface area contributed by atoms with Crippen LogP contribution in [0.4, 0.5) is 0 Å². The normalized spacial score (nSPS) is 16.1. The highest BCUT2D eigenvalue weighted by molar-refractivity contribution is 6.21. The van der Waals surface area contributed by atoms with Gasteiger partial charge in [0.1, 0.15) is 6.10 Å². The second kappa shape index (κ2) is 6.02. The van der Waals surface area contributed by atoms with Crippen LogP contribution < -0.4 is 5.32 Å². The van der Waals surface area contributed by atoms with Crippen LogP contribution in [0.25, 0.3) is 0 Å². The fourth-order valence-corrected chi connectivity index (χ4v) is 2.09. The van der Waals surface area contributed by atoms with Gasteiger partial charge in [-0.2, -0.15) is 0 Å². The van der Waals surface area contributed by atoms with Crippen LogP contribution in [0.3, 0.4) is 0 Å². The summed E-state index contributed by atoms with van der Waals surface area (Å²) in [6.07, 6.45) is -3.08. The molecule has 0 bridgehead atoms. The van der Waals surface area contributed by atoms with Crippen molar-refractivity contribution in [1.82, 2.24) is 5.32 Å². The van der Waals surface area contributed by atoms with E-state index in [2.05, 4.69) is 10.1 Å². The first-order valence-corrected chi connectivity index (χ1v) is 6.45. The zero-order chi connectivity index (χ0) is 15.6. The van der Waals surface area contributed by atoms with Crippen molar-refractivity contribution in [3.63, 3.8) is 0 Å². The molecule has 0 fully saturated rings. The van der Waals surface area contributed by atoms with E-state index in [0.29, 0.717) is 0 Å². The Kier molecular flexibility index (Phi) is 4.35. The van der Waals surface area contributed by atoms with Crippen molar-refractivity contribution < 1.29 is 29.3 Å². The average molecular weight is 293 g/mol. The molecule has 112 valence electrons. The largest absolute Gasteiger partial charge is 0.466 e. The van der Waals surface area contributed by atoms with E-state index < -0.39 is 30.0 Å². The van der Waals surface area contributed by atoms with Gasteiger partial charge in [-0.05, 0) is 24.6 Å². The van der Waals surface area contributed by atoms with E-state index in [9.17, 15) is 24.6 Å². The molecule has 1 aromatic carbocycles. The molecular formula is C14H15NO6. The number of benzene rings is 1. The molecule has 7 heteroatoms. The number of amides is 2. The molecule has 3 N–H and O–H groups in total. The topological polar surface area (TPSA) is 113 Å². The van der Waals surface area contributed by atoms with Gasteiger partial charge in [0, 0.05) is 0 Å². The molecule has 1 aromatic rings. The second-order valence-corrected chi connectivity index (χ2v) is 4.61. The maximum atomic E-state index is 11.5. The Labute approximate surface area is 120 Å². The number of ether oxygens (including phenoxy) is 1. The lowest BCUT2D eigenvalue weighted by atomic mass is 9.98. The monoisotopic (exact) mass is 293 g/mol. The molecule has 0 saturated carbocycles. The van der Waals surface area contributed by atoms with Gasteiger partial charge in [0.15, 0.2) is 0 Å². The third-order valence-corrected chi connectivity index (χ3v) is 3.15. The van der Waals surface area contributed by atoms with Gasteiger partial charge in [0.2, 0.25) is 0 Å². The van der Waals surface area contributed by atoms with Gasteiger partial charge >= 0.3 is 5.97 Å². The molecule has 0 aromatic heterocycles. The van der Waals surface area contributed by atoms with Gasteiger partial charge in [-0.15, -0.1) is 0 Å². The lowest BCUT2D eigenvalue weighted by Crippen LogP contribution is -2.23. The summed E-state index contributed by atoms with van der Waals surface area (Å²) >= 11 is 0. The molecule has 2 unspecified atom stereocenters. The maximum Gasteiger partial charge on any atom is 0.308 e. The van der Waals surface area contributed by atoms with E-state index >= 15 is 0 Å². The number of esters is 1. The fourth-order valence-electron chi connectivity index (χ4n) is 2.09. The van der Waals surface area contributed by atoms with Crippen molar-refractivity contribution in [3.8, 4) is 0 Å². The molecular weight excluding hydrogens is 278 g/mol. The minimum atomic E-state index is -1.36. The quantitative estimate of drug-likeness (QED) is 0.517. The summed E-state index contributed by atoms with van der Waals surface area (Å²) in [7, 11) is 0. The molecule has 0 aliphatic carbocycles. The highest BCUT2D eigenvalue weighted by atomic mass is 16.5. The summed E-state index contributed by atoms with van der Waals surface area (Å²) in [6.45, 7) is 1.82. The highest BCUT2D eigenvalue weighted by Gasteiger charge is 2.29. The Morgan fingerprint density at radius 3 is 2.57 bits per heavy atom. The van der Waals surface area contributed by atoms with Crippen molar-refractivity contribution in [2.24, 2.45) is 0 Å². The first kappa shape index (κ1) is 15.1. The van der Waals surface area contributed by atoms with E-state index in [4.69, 9.17) is 0 Å². The SMILES string of the molecule is CCOC(=O)CC(O)C(O)c1ccc2c(c1)C(=O)NC2=O. The van der Waals surface area contributed by atoms with Crippen LogP contribution >= 0.6 is 0 Å². The summed E-state index contributed by atoms with van der Waals surface area (Å²) in [4.78, 5) is 34.2. The first-order valence-electron chi connectivity index (χ1n) is 6.45. The van der Waals surface area contributed by atoms with Gasteiger partial charge in [0.05, 0.1) is 30.3 Å². The predicted molar refractivity (Wildman–Crippen MR) is 70.5 cm³/mol. The van der Waals surface area contributed by atoms with Crippen molar-refractivity contribution in [3.05, 3.63) is 34.9 Å². The fraction of sp³-hybridized carbons (Fsp3) is 0.357. The maximum absolute atomic E-state index is 11.5. The molecule has 2 rings (SSSR count). The van der Waals surface area contributed by atoms with Crippen LogP contribution in [0.15, 0.2) is 18.2 Å². The Balaban J connectivity index is 2.15. The van der Waals surface area contributed by atoms with E-state index in [1.807, 2.05) is 0 Å². The van der Waals surface area contributed by atoms with Gasteiger partial charge in [0.25, 0.3) is 11.8 Å². The first-order chi connectivity index (χ1) is 9.93. The molecule has 1 heterocycles. The molecule has 1 aliphatic rings. The van der Waals surface area contributed by atoms with E-state index in [-0.39, 0.29) is 29.7 Å². The summed E-state index contributed by atoms with van der Waals surface area (Å²) in [6, 6.07) is 4.15. The van der Waals surface area contributed by atoms with Crippen LogP contribution in [-0.2, 0) is 9.53 Å². The Morgan fingerprint density at radius 1 is 1.24 bits per heavy atom. The number of hydrogen-bond donors (Lipinski definition) is 3. The lowest BCUT2D eigenvalue weighted by Gasteiger charge is -2.17. The highest BCUT2D eigenvalue weighted by Crippen LogP contribution is 2.24. The molecule has 0 spiro atoms. The van der Waals surface area contributed by atoms with Crippen molar-refractivity contribution in [2.75, 3.05) is 6.61 Å². The molecule has 0 saturated heterocycles. The third kappa shape index (κ3) is 3.09. The van der Waals surface area contributed by atoms with Crippen molar-refractivity contribution in [2.45, 2.75) is 25.6 Å². The molecule has 0 radical (unpaired) electrons. The lowest BCUT2D eigenvalue weighted by molar-refractivity contribution is -0.147. The van der Waals surface area contributed by atoms with Gasteiger partial charge in [-0.3, -0.25) is 19.7 Å². The minimum absolute atomic E-state index is 0.139. The Hall–Kier alpha value is -2.25. The summed E-state index contributed by atoms with van der Waals surface area (Å²) in [5, 5.41) is 22.0. The number of fused-ring (bicyclic) bond motifs is 1. The van der Waals surface area contributed by atoms with Crippen LogP contribution in [0.2, 0.25) is 0 Å². The van der Waals surface area contributed by atoms with Crippen LogP contribution in [0.5, 0.6) is 0 Å². The summed E-state index contributed by atoms with van der Waals surface area (Å²) in [5.41, 5.74) is 0.603. The van der Waals surface area contributed by atoms with E-state index in [1.165, 1.54) is 18.2 Å². The predicted octanol–water partition coefficient (Wildman–Crippen LogP) is -0.0823. The smallest absolute Gasteiger partial charge is 0.308 e. The van der Waals surface area contributed by atoms with Crippen LogP contribution in [0.1, 0.15) is 45.7 Å². The number of imide groups is 1. The number of aliphatic hydroxyl groups is 2. The number of carbonyl (C=O) groups is 3. The molecule has 21 heavy (non-hydrogen) atoms.